The number of aromatic nitrogens is 1. The van der Waals surface area contributed by atoms with Crippen molar-refractivity contribution in [3.8, 4) is 5.75 Å². The summed E-state index contributed by atoms with van der Waals surface area (Å²) in [4.78, 5) is 6.53. The Morgan fingerprint density at radius 2 is 2.29 bits per heavy atom. The van der Waals surface area contributed by atoms with Crippen molar-refractivity contribution in [3.05, 3.63) is 53.7 Å². The lowest BCUT2D eigenvalue weighted by Crippen LogP contribution is -2.57. The van der Waals surface area contributed by atoms with Gasteiger partial charge in [0.15, 0.2) is 0 Å². The molecule has 1 aliphatic rings. The van der Waals surface area contributed by atoms with Crippen LogP contribution in [0.15, 0.2) is 48.1 Å². The normalized spacial score (nSPS) is 20.2. The van der Waals surface area contributed by atoms with Crippen molar-refractivity contribution in [2.45, 2.75) is 44.4 Å². The monoisotopic (exact) mass is 440 g/mol. The Kier molecular flexibility index (Phi) is 7.40. The van der Waals surface area contributed by atoms with Crippen LogP contribution >= 0.6 is 11.3 Å². The van der Waals surface area contributed by atoms with E-state index < -0.39 is 6.10 Å². The van der Waals surface area contributed by atoms with E-state index in [1.54, 1.807) is 6.20 Å². The molecular formula is C24H32N4O2S. The molecule has 3 atom stereocenters. The van der Waals surface area contributed by atoms with E-state index in [4.69, 9.17) is 10.5 Å². The number of nitrogens with one attached hydrogen (secondary N) is 1. The number of piperidine rings is 1. The predicted octanol–water partition coefficient (Wildman–Crippen LogP) is 3.18. The highest BCUT2D eigenvalue weighted by Crippen LogP contribution is 2.28. The van der Waals surface area contributed by atoms with Gasteiger partial charge in [0.1, 0.15) is 18.5 Å². The van der Waals surface area contributed by atoms with Gasteiger partial charge in [0.25, 0.3) is 0 Å². The maximum Gasteiger partial charge on any atom is 0.127 e. The lowest BCUT2D eigenvalue weighted by atomic mass is 10.00. The van der Waals surface area contributed by atoms with Crippen LogP contribution in [0.2, 0.25) is 0 Å². The van der Waals surface area contributed by atoms with Crippen molar-refractivity contribution >= 4 is 27.1 Å². The summed E-state index contributed by atoms with van der Waals surface area (Å²) in [6.45, 7) is 4.72. The Bertz CT molecular complexity index is 974. The van der Waals surface area contributed by atoms with Crippen LogP contribution in [0, 0.1) is 0 Å². The number of hydrogen-bond acceptors (Lipinski definition) is 7. The molecule has 0 radical (unpaired) electrons. The van der Waals surface area contributed by atoms with Crippen molar-refractivity contribution in [1.82, 2.24) is 10.3 Å². The third-order valence-corrected chi connectivity index (χ3v) is 6.87. The van der Waals surface area contributed by atoms with Gasteiger partial charge in [-0.1, -0.05) is 25.5 Å². The average molecular weight is 441 g/mol. The zero-order valence-electron chi connectivity index (χ0n) is 18.0. The van der Waals surface area contributed by atoms with Gasteiger partial charge in [0.2, 0.25) is 0 Å². The summed E-state index contributed by atoms with van der Waals surface area (Å²) in [5.41, 5.74) is 7.89. The molecule has 1 aliphatic heterocycles. The van der Waals surface area contributed by atoms with Gasteiger partial charge < -0.3 is 25.8 Å². The van der Waals surface area contributed by atoms with Gasteiger partial charge in [0, 0.05) is 54.9 Å². The molecule has 3 heterocycles. The van der Waals surface area contributed by atoms with E-state index in [2.05, 4.69) is 33.6 Å². The number of benzene rings is 1. The number of aryl methyl sites for hydroxylation is 1. The molecule has 3 unspecified atom stereocenters. The summed E-state index contributed by atoms with van der Waals surface area (Å²) in [7, 11) is 0. The standard InChI is InChI=1S/C24H32N4O2S/c1-2-4-17-11-24(31-16-17)28-10-8-22(21(25)14-28)27-13-19(29)15-30-23-6-3-5-18-12-26-9-7-20(18)23/h3,5-7,9,11-12,16,19,21-22,27,29H,2,4,8,10,13-15,25H2,1H3. The van der Waals surface area contributed by atoms with Gasteiger partial charge in [-0.2, -0.15) is 0 Å². The number of nitrogens with zero attached hydrogens (tertiary/aromatic N) is 2. The number of rotatable bonds is 9. The summed E-state index contributed by atoms with van der Waals surface area (Å²) in [6, 6.07) is 10.3. The second-order valence-corrected chi connectivity index (χ2v) is 9.16. The van der Waals surface area contributed by atoms with Gasteiger partial charge in [-0.25, -0.2) is 0 Å². The van der Waals surface area contributed by atoms with Crippen LogP contribution in [-0.4, -0.2) is 54.5 Å². The van der Waals surface area contributed by atoms with Crippen molar-refractivity contribution in [2.75, 3.05) is 31.1 Å². The molecule has 0 aliphatic carbocycles. The summed E-state index contributed by atoms with van der Waals surface area (Å²) in [6.07, 6.45) is 6.24. The minimum atomic E-state index is -0.601. The van der Waals surface area contributed by atoms with Crippen LogP contribution in [0.4, 0.5) is 5.00 Å². The molecule has 4 rings (SSSR count). The molecule has 166 valence electrons. The molecule has 4 N–H and O–H groups in total. The zero-order chi connectivity index (χ0) is 21.6. The second-order valence-electron chi connectivity index (χ2n) is 8.27. The van der Waals surface area contributed by atoms with Crippen LogP contribution in [0.25, 0.3) is 10.8 Å². The molecule has 1 fully saturated rings. The quantitative estimate of drug-likeness (QED) is 0.474. The number of pyridine rings is 1. The Balaban J connectivity index is 1.23. The lowest BCUT2D eigenvalue weighted by molar-refractivity contribution is 0.102. The fraction of sp³-hybridized carbons (Fsp3) is 0.458. The van der Waals surface area contributed by atoms with E-state index in [0.29, 0.717) is 6.54 Å². The first-order valence-electron chi connectivity index (χ1n) is 11.1. The molecule has 3 aromatic rings. The van der Waals surface area contributed by atoms with Crippen molar-refractivity contribution < 1.29 is 9.84 Å². The molecule has 0 bridgehead atoms. The van der Waals surface area contributed by atoms with Crippen molar-refractivity contribution in [2.24, 2.45) is 5.73 Å². The fourth-order valence-corrected chi connectivity index (χ4v) is 5.13. The predicted molar refractivity (Wildman–Crippen MR) is 128 cm³/mol. The lowest BCUT2D eigenvalue weighted by Gasteiger charge is -2.38. The van der Waals surface area contributed by atoms with Crippen LogP contribution in [0.1, 0.15) is 25.3 Å². The van der Waals surface area contributed by atoms with E-state index in [0.717, 1.165) is 42.5 Å². The smallest absolute Gasteiger partial charge is 0.127 e. The number of nitrogens with two attached hydrogens (primary N) is 1. The molecule has 0 spiro atoms. The highest BCUT2D eigenvalue weighted by Gasteiger charge is 2.27. The molecule has 1 saturated heterocycles. The van der Waals surface area contributed by atoms with Gasteiger partial charge >= 0.3 is 0 Å². The molecule has 31 heavy (non-hydrogen) atoms. The van der Waals surface area contributed by atoms with Gasteiger partial charge in [-0.05, 0) is 42.0 Å². The van der Waals surface area contributed by atoms with Gasteiger partial charge in [-0.15, -0.1) is 11.3 Å². The SMILES string of the molecule is CCCc1csc(N2CCC(NCC(O)COc3cccc4cnccc34)C(N)C2)c1. The van der Waals surface area contributed by atoms with Crippen molar-refractivity contribution in [3.63, 3.8) is 0 Å². The molecular weight excluding hydrogens is 408 g/mol. The second kappa shape index (κ2) is 10.4. The zero-order valence-corrected chi connectivity index (χ0v) is 18.9. The van der Waals surface area contributed by atoms with E-state index >= 15 is 0 Å². The topological polar surface area (TPSA) is 83.6 Å². The first-order chi connectivity index (χ1) is 15.1. The molecule has 1 aromatic carbocycles. The Hall–Kier alpha value is -2.19. The Morgan fingerprint density at radius 3 is 3.13 bits per heavy atom. The molecule has 0 saturated carbocycles. The first-order valence-corrected chi connectivity index (χ1v) is 12.0. The number of ether oxygens (including phenoxy) is 1. The molecule has 6 nitrogen and oxygen atoms in total. The highest BCUT2D eigenvalue weighted by molar-refractivity contribution is 7.14. The molecule has 7 heteroatoms. The number of aliphatic hydroxyl groups excluding tert-OH is 1. The maximum absolute atomic E-state index is 10.4. The van der Waals surface area contributed by atoms with E-state index in [9.17, 15) is 5.11 Å². The third-order valence-electron chi connectivity index (χ3n) is 5.84. The van der Waals surface area contributed by atoms with Crippen LogP contribution in [-0.2, 0) is 6.42 Å². The fourth-order valence-electron chi connectivity index (χ4n) is 4.13. The maximum atomic E-state index is 10.4. The molecule has 2 aromatic heterocycles. The Labute approximate surface area is 188 Å². The summed E-state index contributed by atoms with van der Waals surface area (Å²) in [5, 5.41) is 19.5. The number of aliphatic hydroxyl groups is 1. The first kappa shape index (κ1) is 22.0. The van der Waals surface area contributed by atoms with E-state index in [-0.39, 0.29) is 18.7 Å². The Morgan fingerprint density at radius 1 is 1.39 bits per heavy atom. The van der Waals surface area contributed by atoms with Gasteiger partial charge in [-0.3, -0.25) is 4.98 Å². The minimum Gasteiger partial charge on any atom is -0.490 e. The largest absolute Gasteiger partial charge is 0.490 e. The number of thiophene rings is 1. The average Bonchev–Trinajstić information content (AvgIpc) is 3.25. The summed E-state index contributed by atoms with van der Waals surface area (Å²) in [5.74, 6) is 0.766. The summed E-state index contributed by atoms with van der Waals surface area (Å²) >= 11 is 1.81. The number of hydrogen-bond donors (Lipinski definition) is 3. The third kappa shape index (κ3) is 5.54. The van der Waals surface area contributed by atoms with Crippen LogP contribution in [0.3, 0.4) is 0 Å². The number of anilines is 1. The summed E-state index contributed by atoms with van der Waals surface area (Å²) < 4.78 is 5.89. The highest BCUT2D eigenvalue weighted by atomic mass is 32.1. The van der Waals surface area contributed by atoms with E-state index in [1.807, 2.05) is 41.8 Å². The van der Waals surface area contributed by atoms with E-state index in [1.165, 1.54) is 17.0 Å². The van der Waals surface area contributed by atoms with Gasteiger partial charge in [0.05, 0.1) is 5.00 Å². The van der Waals surface area contributed by atoms with Crippen molar-refractivity contribution in [1.29, 1.82) is 0 Å². The molecule has 0 amide bonds. The number of fused-ring (bicyclic) bond motifs is 1. The minimum absolute atomic E-state index is 0.0316. The van der Waals surface area contributed by atoms with Crippen LogP contribution < -0.4 is 20.7 Å². The van der Waals surface area contributed by atoms with Crippen LogP contribution in [0.5, 0.6) is 5.75 Å².